The molecule has 0 radical (unpaired) electrons. The lowest BCUT2D eigenvalue weighted by Gasteiger charge is -2.13. The van der Waals surface area contributed by atoms with Gasteiger partial charge in [-0.2, -0.15) is 0 Å². The Kier molecular flexibility index (Phi) is 4.88. The van der Waals surface area contributed by atoms with Gasteiger partial charge < -0.3 is 15.5 Å². The van der Waals surface area contributed by atoms with Gasteiger partial charge in [-0.05, 0) is 18.6 Å². The van der Waals surface area contributed by atoms with Gasteiger partial charge in [-0.15, -0.1) is 0 Å². The van der Waals surface area contributed by atoms with Gasteiger partial charge in [0.05, 0.1) is 17.9 Å². The maximum absolute atomic E-state index is 10.6. The summed E-state index contributed by atoms with van der Waals surface area (Å²) < 4.78 is 0. The molecule has 1 unspecified atom stereocenters. The molecule has 0 aromatic carbocycles. The first-order valence-electron chi connectivity index (χ1n) is 5.19. The van der Waals surface area contributed by atoms with Crippen LogP contribution in [0.25, 0.3) is 0 Å². The fourth-order valence-electron chi connectivity index (χ4n) is 1.24. The van der Waals surface area contributed by atoms with Gasteiger partial charge in [-0.1, -0.05) is 6.92 Å². The predicted molar refractivity (Wildman–Crippen MR) is 59.2 cm³/mol. The van der Waals surface area contributed by atoms with Crippen LogP contribution in [0.3, 0.4) is 0 Å². The largest absolute Gasteiger partial charge is 0.478 e. The van der Waals surface area contributed by atoms with Gasteiger partial charge in [-0.3, -0.25) is 4.98 Å². The van der Waals surface area contributed by atoms with Crippen LogP contribution >= 0.6 is 0 Å². The number of nitrogens with zero attached hydrogens (tertiary/aromatic N) is 1. The standard InChI is InChI=1S/C11H16N2O3/c1-2-9(7-14)13-6-10-4-3-8(5-12-10)11(15)16/h3-5,9,13-14H,2,6-7H2,1H3,(H,15,16). The molecule has 1 atom stereocenters. The van der Waals surface area contributed by atoms with E-state index in [1.54, 1.807) is 6.07 Å². The third-order valence-corrected chi connectivity index (χ3v) is 2.36. The monoisotopic (exact) mass is 224 g/mol. The van der Waals surface area contributed by atoms with Crippen molar-refractivity contribution in [3.63, 3.8) is 0 Å². The molecule has 88 valence electrons. The van der Waals surface area contributed by atoms with E-state index in [4.69, 9.17) is 10.2 Å². The SMILES string of the molecule is CCC(CO)NCc1ccc(C(=O)O)cn1. The highest BCUT2D eigenvalue weighted by atomic mass is 16.4. The normalized spacial score (nSPS) is 12.4. The molecule has 3 N–H and O–H groups in total. The van der Waals surface area contributed by atoms with Crippen molar-refractivity contribution < 1.29 is 15.0 Å². The van der Waals surface area contributed by atoms with E-state index in [1.165, 1.54) is 12.3 Å². The fraction of sp³-hybridized carbons (Fsp3) is 0.455. The summed E-state index contributed by atoms with van der Waals surface area (Å²) in [7, 11) is 0. The highest BCUT2D eigenvalue weighted by molar-refractivity contribution is 5.87. The maximum Gasteiger partial charge on any atom is 0.337 e. The minimum atomic E-state index is -0.978. The smallest absolute Gasteiger partial charge is 0.337 e. The van der Waals surface area contributed by atoms with Crippen LogP contribution in [0.4, 0.5) is 0 Å². The summed E-state index contributed by atoms with van der Waals surface area (Å²) in [5, 5.41) is 20.8. The summed E-state index contributed by atoms with van der Waals surface area (Å²) in [5.41, 5.74) is 0.940. The zero-order valence-corrected chi connectivity index (χ0v) is 9.18. The molecule has 0 saturated carbocycles. The Hall–Kier alpha value is -1.46. The van der Waals surface area contributed by atoms with Crippen LogP contribution in [0, 0.1) is 0 Å². The molecule has 0 spiro atoms. The predicted octanol–water partition coefficient (Wildman–Crippen LogP) is 0.640. The Morgan fingerprint density at radius 1 is 1.56 bits per heavy atom. The van der Waals surface area contributed by atoms with Crippen molar-refractivity contribution in [2.75, 3.05) is 6.61 Å². The number of hydrogen-bond acceptors (Lipinski definition) is 4. The summed E-state index contributed by atoms with van der Waals surface area (Å²) in [6.45, 7) is 2.59. The van der Waals surface area contributed by atoms with Gasteiger partial charge in [0, 0.05) is 18.8 Å². The maximum atomic E-state index is 10.6. The average molecular weight is 224 g/mol. The van der Waals surface area contributed by atoms with Crippen molar-refractivity contribution >= 4 is 5.97 Å². The third-order valence-electron chi connectivity index (χ3n) is 2.36. The first kappa shape index (κ1) is 12.6. The van der Waals surface area contributed by atoms with Crippen LogP contribution in [0.2, 0.25) is 0 Å². The van der Waals surface area contributed by atoms with E-state index in [1.807, 2.05) is 6.92 Å². The number of aromatic carboxylic acids is 1. The number of nitrogens with one attached hydrogen (secondary N) is 1. The number of carboxylic acids is 1. The zero-order chi connectivity index (χ0) is 12.0. The number of rotatable bonds is 6. The van der Waals surface area contributed by atoms with Crippen molar-refractivity contribution in [1.82, 2.24) is 10.3 Å². The topological polar surface area (TPSA) is 82.5 Å². The Bertz CT molecular complexity index is 334. The molecule has 0 aliphatic heterocycles. The Balaban J connectivity index is 2.52. The molecule has 0 fully saturated rings. The van der Waals surface area contributed by atoms with Crippen LogP contribution in [0.5, 0.6) is 0 Å². The van der Waals surface area contributed by atoms with Crippen molar-refractivity contribution in [3.8, 4) is 0 Å². The summed E-state index contributed by atoms with van der Waals surface area (Å²) in [5.74, 6) is -0.978. The molecule has 1 heterocycles. The van der Waals surface area contributed by atoms with E-state index in [2.05, 4.69) is 10.3 Å². The second-order valence-electron chi connectivity index (χ2n) is 3.51. The number of pyridine rings is 1. The summed E-state index contributed by atoms with van der Waals surface area (Å²) >= 11 is 0. The molecule has 5 heteroatoms. The van der Waals surface area contributed by atoms with Crippen molar-refractivity contribution in [3.05, 3.63) is 29.6 Å². The van der Waals surface area contributed by atoms with E-state index in [0.717, 1.165) is 12.1 Å². The lowest BCUT2D eigenvalue weighted by atomic mass is 10.2. The van der Waals surface area contributed by atoms with E-state index in [9.17, 15) is 4.79 Å². The lowest BCUT2D eigenvalue weighted by molar-refractivity contribution is 0.0696. The molecule has 16 heavy (non-hydrogen) atoms. The molecular formula is C11H16N2O3. The number of carbonyl (C=O) groups is 1. The van der Waals surface area contributed by atoms with Gasteiger partial charge in [-0.25, -0.2) is 4.79 Å². The molecule has 0 aliphatic carbocycles. The van der Waals surface area contributed by atoms with E-state index < -0.39 is 5.97 Å². The summed E-state index contributed by atoms with van der Waals surface area (Å²) in [4.78, 5) is 14.6. The Labute approximate surface area is 94.1 Å². The number of carboxylic acid groups (broad SMARTS) is 1. The average Bonchev–Trinajstić information content (AvgIpc) is 2.31. The first-order chi connectivity index (χ1) is 7.67. The number of aliphatic hydroxyl groups excluding tert-OH is 1. The highest BCUT2D eigenvalue weighted by Gasteiger charge is 2.05. The molecular weight excluding hydrogens is 208 g/mol. The molecule has 5 nitrogen and oxygen atoms in total. The minimum Gasteiger partial charge on any atom is -0.478 e. The fourth-order valence-corrected chi connectivity index (χ4v) is 1.24. The van der Waals surface area contributed by atoms with Gasteiger partial charge in [0.15, 0.2) is 0 Å². The highest BCUT2D eigenvalue weighted by Crippen LogP contribution is 2.01. The van der Waals surface area contributed by atoms with Crippen LogP contribution in [-0.4, -0.2) is 33.8 Å². The van der Waals surface area contributed by atoms with E-state index >= 15 is 0 Å². The lowest BCUT2D eigenvalue weighted by Crippen LogP contribution is -2.31. The quantitative estimate of drug-likeness (QED) is 0.660. The zero-order valence-electron chi connectivity index (χ0n) is 9.18. The number of aliphatic hydroxyl groups is 1. The van der Waals surface area contributed by atoms with Gasteiger partial charge in [0.2, 0.25) is 0 Å². The van der Waals surface area contributed by atoms with Gasteiger partial charge in [0.1, 0.15) is 0 Å². The second kappa shape index (κ2) is 6.19. The number of hydrogen-bond donors (Lipinski definition) is 3. The second-order valence-corrected chi connectivity index (χ2v) is 3.51. The summed E-state index contributed by atoms with van der Waals surface area (Å²) in [6.07, 6.45) is 2.17. The Morgan fingerprint density at radius 3 is 2.75 bits per heavy atom. The van der Waals surface area contributed by atoms with Gasteiger partial charge >= 0.3 is 5.97 Å². The van der Waals surface area contributed by atoms with Crippen LogP contribution in [0.15, 0.2) is 18.3 Å². The molecule has 1 aromatic rings. The molecule has 0 saturated heterocycles. The summed E-state index contributed by atoms with van der Waals surface area (Å²) in [6, 6.07) is 3.24. The van der Waals surface area contributed by atoms with Gasteiger partial charge in [0.25, 0.3) is 0 Å². The third kappa shape index (κ3) is 3.60. The van der Waals surface area contributed by atoms with E-state index in [-0.39, 0.29) is 18.2 Å². The van der Waals surface area contributed by atoms with Crippen molar-refractivity contribution in [1.29, 1.82) is 0 Å². The molecule has 1 rings (SSSR count). The van der Waals surface area contributed by atoms with Crippen LogP contribution < -0.4 is 5.32 Å². The Morgan fingerprint density at radius 2 is 2.31 bits per heavy atom. The molecule has 0 bridgehead atoms. The van der Waals surface area contributed by atoms with Crippen LogP contribution in [0.1, 0.15) is 29.4 Å². The molecule has 1 aromatic heterocycles. The van der Waals surface area contributed by atoms with Crippen molar-refractivity contribution in [2.45, 2.75) is 25.9 Å². The van der Waals surface area contributed by atoms with Crippen molar-refractivity contribution in [2.24, 2.45) is 0 Å². The van der Waals surface area contributed by atoms with E-state index in [0.29, 0.717) is 6.54 Å². The number of aromatic nitrogens is 1. The molecule has 0 amide bonds. The minimum absolute atomic E-state index is 0.0564. The first-order valence-corrected chi connectivity index (χ1v) is 5.19. The van der Waals surface area contributed by atoms with Crippen LogP contribution in [-0.2, 0) is 6.54 Å². The molecule has 0 aliphatic rings.